The van der Waals surface area contributed by atoms with Gasteiger partial charge in [0, 0.05) is 12.5 Å². The number of halogens is 2. The van der Waals surface area contributed by atoms with Gasteiger partial charge in [-0.2, -0.15) is 4.40 Å². The monoisotopic (exact) mass is 438 g/mol. The van der Waals surface area contributed by atoms with Crippen molar-refractivity contribution in [2.45, 2.75) is 56.9 Å². The molecule has 0 saturated carbocycles. The van der Waals surface area contributed by atoms with Gasteiger partial charge in [0.1, 0.15) is 16.8 Å². The maximum Gasteiger partial charge on any atom is 0.405 e. The largest absolute Gasteiger partial charge is 0.465 e. The topological polar surface area (TPSA) is 96.6 Å². The summed E-state index contributed by atoms with van der Waals surface area (Å²) >= 11 is 0. The fraction of sp³-hybridized carbons (Fsp3) is 0.450. The molecule has 30 heavy (non-hydrogen) atoms. The lowest BCUT2D eigenvalue weighted by Gasteiger charge is -2.18. The van der Waals surface area contributed by atoms with Crippen LogP contribution in [-0.2, 0) is 17.5 Å². The molecule has 3 rings (SSSR count). The van der Waals surface area contributed by atoms with Crippen molar-refractivity contribution in [1.29, 1.82) is 0 Å². The van der Waals surface area contributed by atoms with Crippen LogP contribution in [0.4, 0.5) is 13.6 Å². The standard InChI is InChI=1S/C20H24F2N4O3S/c1-20(2,3)30(29)24-10-13-9-23-18-16(25-19(27)28)8-7-12(11-26(13)18)14-5-4-6-15(21)17(14)22/h4-6,9-10,12,16,25H,7-8,11H2,1-3H3,(H,27,28)/t12-,16-,30?/m1/s1. The summed E-state index contributed by atoms with van der Waals surface area (Å²) in [5.41, 5.74) is 0.746. The zero-order valence-corrected chi connectivity index (χ0v) is 17.7. The highest BCUT2D eigenvalue weighted by Crippen LogP contribution is 2.34. The first kappa shape index (κ1) is 22.1. The highest BCUT2D eigenvalue weighted by molar-refractivity contribution is 7.85. The van der Waals surface area contributed by atoms with Crippen molar-refractivity contribution in [2.75, 3.05) is 0 Å². The number of amides is 1. The van der Waals surface area contributed by atoms with Crippen LogP contribution in [0.3, 0.4) is 0 Å². The summed E-state index contributed by atoms with van der Waals surface area (Å²) in [5, 5.41) is 11.6. The first-order valence-corrected chi connectivity index (χ1v) is 10.6. The van der Waals surface area contributed by atoms with E-state index in [-0.39, 0.29) is 12.1 Å². The average Bonchev–Trinajstić information content (AvgIpc) is 2.97. The second-order valence-corrected chi connectivity index (χ2v) is 10.1. The van der Waals surface area contributed by atoms with Gasteiger partial charge in [-0.05, 0) is 45.2 Å². The molecule has 1 aromatic carbocycles. The molecular weight excluding hydrogens is 414 g/mol. The summed E-state index contributed by atoms with van der Waals surface area (Å²) < 4.78 is 45.8. The van der Waals surface area contributed by atoms with E-state index in [1.54, 1.807) is 25.3 Å². The number of nitrogens with one attached hydrogen (secondary N) is 1. The Morgan fingerprint density at radius 3 is 2.77 bits per heavy atom. The van der Waals surface area contributed by atoms with E-state index >= 15 is 0 Å². The van der Waals surface area contributed by atoms with Crippen LogP contribution in [0, 0.1) is 11.6 Å². The molecular formula is C20H24F2N4O3S. The van der Waals surface area contributed by atoms with E-state index in [0.717, 1.165) is 6.07 Å². The summed E-state index contributed by atoms with van der Waals surface area (Å²) in [6, 6.07) is 3.44. The van der Waals surface area contributed by atoms with Crippen LogP contribution in [0.2, 0.25) is 0 Å². The molecule has 3 atom stereocenters. The molecule has 10 heteroatoms. The zero-order chi connectivity index (χ0) is 22.1. The van der Waals surface area contributed by atoms with Crippen LogP contribution in [0.15, 0.2) is 28.8 Å². The van der Waals surface area contributed by atoms with E-state index in [1.165, 1.54) is 24.5 Å². The van der Waals surface area contributed by atoms with E-state index in [2.05, 4.69) is 14.7 Å². The molecule has 1 amide bonds. The molecule has 1 aromatic heterocycles. The maximum absolute atomic E-state index is 14.4. The number of carbonyl (C=O) groups is 1. The summed E-state index contributed by atoms with van der Waals surface area (Å²) in [7, 11) is -1.49. The predicted octanol–water partition coefficient (Wildman–Crippen LogP) is 3.93. The van der Waals surface area contributed by atoms with Gasteiger partial charge in [0.25, 0.3) is 0 Å². The number of hydrogen-bond donors (Lipinski definition) is 2. The third-order valence-electron chi connectivity index (χ3n) is 4.96. The van der Waals surface area contributed by atoms with Crippen LogP contribution < -0.4 is 5.32 Å². The third kappa shape index (κ3) is 4.75. The minimum atomic E-state index is -1.49. The Balaban J connectivity index is 2.01. The van der Waals surface area contributed by atoms with Crippen molar-refractivity contribution in [3.8, 4) is 0 Å². The highest BCUT2D eigenvalue weighted by Gasteiger charge is 2.30. The van der Waals surface area contributed by atoms with E-state index in [0.29, 0.717) is 24.4 Å². The Labute approximate surface area is 175 Å². The lowest BCUT2D eigenvalue weighted by molar-refractivity contribution is 0.188. The molecule has 2 heterocycles. The molecule has 0 saturated heterocycles. The van der Waals surface area contributed by atoms with E-state index in [9.17, 15) is 22.9 Å². The number of aromatic nitrogens is 2. The summed E-state index contributed by atoms with van der Waals surface area (Å²) in [5.74, 6) is -1.77. The molecule has 7 nitrogen and oxygen atoms in total. The normalized spacial score (nSPS) is 20.6. The van der Waals surface area contributed by atoms with Gasteiger partial charge in [0.15, 0.2) is 11.6 Å². The molecule has 0 spiro atoms. The third-order valence-corrected chi connectivity index (χ3v) is 6.30. The number of benzene rings is 1. The number of fused-ring (bicyclic) bond motifs is 1. The minimum absolute atomic E-state index is 0.229. The number of rotatable bonds is 4. The molecule has 2 aromatic rings. The molecule has 1 aliphatic heterocycles. The Morgan fingerprint density at radius 2 is 2.10 bits per heavy atom. The number of hydrogen-bond acceptors (Lipinski definition) is 3. The van der Waals surface area contributed by atoms with Crippen molar-refractivity contribution in [1.82, 2.24) is 14.9 Å². The molecule has 1 unspecified atom stereocenters. The smallest absolute Gasteiger partial charge is 0.405 e. The van der Waals surface area contributed by atoms with Crippen molar-refractivity contribution in [2.24, 2.45) is 4.40 Å². The fourth-order valence-corrected chi connectivity index (χ4v) is 3.95. The van der Waals surface area contributed by atoms with Gasteiger partial charge in [0.05, 0.1) is 28.9 Å². The fourth-order valence-electron chi connectivity index (χ4n) is 3.43. The first-order valence-electron chi connectivity index (χ1n) is 9.52. The van der Waals surface area contributed by atoms with Gasteiger partial charge in [-0.3, -0.25) is 0 Å². The highest BCUT2D eigenvalue weighted by atomic mass is 32.2. The second kappa shape index (κ2) is 8.63. The quantitative estimate of drug-likeness (QED) is 0.707. The Hall–Kier alpha value is -2.62. The first-order chi connectivity index (χ1) is 14.1. The molecule has 1 aliphatic rings. The van der Waals surface area contributed by atoms with Gasteiger partial charge in [-0.1, -0.05) is 12.1 Å². The zero-order valence-electron chi connectivity index (χ0n) is 16.9. The van der Waals surface area contributed by atoms with Gasteiger partial charge >= 0.3 is 6.09 Å². The van der Waals surface area contributed by atoms with Crippen LogP contribution in [0.5, 0.6) is 0 Å². The minimum Gasteiger partial charge on any atom is -0.465 e. The number of imidazole rings is 1. The van der Waals surface area contributed by atoms with Gasteiger partial charge in [-0.25, -0.2) is 22.8 Å². The molecule has 0 fully saturated rings. The Kier molecular flexibility index (Phi) is 6.35. The van der Waals surface area contributed by atoms with Crippen LogP contribution >= 0.6 is 0 Å². The van der Waals surface area contributed by atoms with Crippen molar-refractivity contribution in [3.05, 3.63) is 53.1 Å². The van der Waals surface area contributed by atoms with Crippen LogP contribution in [0.25, 0.3) is 0 Å². The van der Waals surface area contributed by atoms with Crippen LogP contribution in [-0.4, -0.2) is 35.9 Å². The molecule has 2 N–H and O–H groups in total. The van der Waals surface area contributed by atoms with E-state index in [4.69, 9.17) is 0 Å². The number of nitrogens with zero attached hydrogens (tertiary/aromatic N) is 3. The van der Waals surface area contributed by atoms with Crippen molar-refractivity contribution < 1.29 is 22.9 Å². The maximum atomic E-state index is 14.4. The summed E-state index contributed by atoms with van der Waals surface area (Å²) in [6.45, 7) is 5.66. The predicted molar refractivity (Wildman–Crippen MR) is 110 cm³/mol. The van der Waals surface area contributed by atoms with Crippen molar-refractivity contribution >= 4 is 23.3 Å². The Bertz CT molecular complexity index is 1000. The Morgan fingerprint density at radius 1 is 1.37 bits per heavy atom. The summed E-state index contributed by atoms with van der Waals surface area (Å²) in [4.78, 5) is 15.6. The van der Waals surface area contributed by atoms with E-state index < -0.39 is 45.4 Å². The summed E-state index contributed by atoms with van der Waals surface area (Å²) in [6.07, 6.45) is 2.54. The second-order valence-electron chi connectivity index (χ2n) is 8.17. The lowest BCUT2D eigenvalue weighted by atomic mass is 9.93. The molecule has 162 valence electrons. The van der Waals surface area contributed by atoms with Gasteiger partial charge < -0.3 is 15.0 Å². The van der Waals surface area contributed by atoms with Gasteiger partial charge in [-0.15, -0.1) is 0 Å². The van der Waals surface area contributed by atoms with E-state index in [1.807, 2.05) is 0 Å². The van der Waals surface area contributed by atoms with Crippen LogP contribution in [0.1, 0.15) is 62.7 Å². The lowest BCUT2D eigenvalue weighted by Crippen LogP contribution is -2.28. The number of carboxylic acid groups (broad SMARTS) is 1. The average molecular weight is 439 g/mol. The molecule has 0 bridgehead atoms. The van der Waals surface area contributed by atoms with Gasteiger partial charge in [0.2, 0.25) is 0 Å². The van der Waals surface area contributed by atoms with Crippen molar-refractivity contribution in [3.63, 3.8) is 0 Å². The SMILES string of the molecule is CC(C)(C)S(=O)N=Cc1cnc2n1C[C@H](c1cccc(F)c1F)CC[C@H]2NC(=O)O. The molecule has 0 radical (unpaired) electrons. The molecule has 0 aliphatic carbocycles.